The molecule has 1 heteroatoms. The normalized spacial score (nSPS) is 12.4. The molecule has 0 bridgehead atoms. The molecule has 2 rings (SSSR count). The van der Waals surface area contributed by atoms with E-state index in [2.05, 4.69) is 18.2 Å². The molecule has 0 aliphatic carbocycles. The maximum absolute atomic E-state index is 11.3. The van der Waals surface area contributed by atoms with E-state index >= 15 is 0 Å². The second-order valence-electron chi connectivity index (χ2n) is 4.04. The highest BCUT2D eigenvalue weighted by Gasteiger charge is 2.07. The highest BCUT2D eigenvalue weighted by Crippen LogP contribution is 2.24. The zero-order valence-electron chi connectivity index (χ0n) is 9.39. The third-order valence-electron chi connectivity index (χ3n) is 2.61. The van der Waals surface area contributed by atoms with Crippen LogP contribution in [0.2, 0.25) is 0 Å². The first-order chi connectivity index (χ1) is 7.77. The van der Waals surface area contributed by atoms with Crippen molar-refractivity contribution in [1.29, 1.82) is 0 Å². The molecule has 0 saturated carbocycles. The Morgan fingerprint density at radius 2 is 1.56 bits per heavy atom. The van der Waals surface area contributed by atoms with Gasteiger partial charge in [-0.3, -0.25) is 0 Å². The molecule has 0 saturated heterocycles. The Morgan fingerprint density at radius 3 is 2.25 bits per heavy atom. The molecule has 1 unspecified atom stereocenters. The summed E-state index contributed by atoms with van der Waals surface area (Å²) in [5.74, 6) is 0. The zero-order valence-corrected chi connectivity index (χ0v) is 9.39. The summed E-state index contributed by atoms with van der Waals surface area (Å²) >= 11 is 0. The third-order valence-corrected chi connectivity index (χ3v) is 2.61. The second kappa shape index (κ2) is 4.95. The summed E-state index contributed by atoms with van der Waals surface area (Å²) in [6, 6.07) is 18.3. The summed E-state index contributed by atoms with van der Waals surface area (Å²) in [5.41, 5.74) is 3.49. The van der Waals surface area contributed by atoms with Crippen molar-refractivity contribution < 1.29 is 5.11 Å². The van der Waals surface area contributed by atoms with E-state index < -0.39 is 6.10 Å². The van der Waals surface area contributed by atoms with Crippen LogP contribution in [0, 0.1) is 0 Å². The van der Waals surface area contributed by atoms with Crippen molar-refractivity contribution >= 4 is 0 Å². The Labute approximate surface area is 96.4 Å². The van der Waals surface area contributed by atoms with Crippen molar-refractivity contribution in [3.8, 4) is 11.1 Å². The Bertz CT molecular complexity index is 446. The van der Waals surface area contributed by atoms with Crippen molar-refractivity contribution in [3.63, 3.8) is 0 Å². The van der Waals surface area contributed by atoms with Crippen LogP contribution in [0.25, 0.3) is 11.1 Å². The van der Waals surface area contributed by atoms with E-state index in [0.29, 0.717) is 6.42 Å². The quantitative estimate of drug-likeness (QED) is 0.737. The molecule has 0 N–H and O–H groups in total. The molecule has 0 aliphatic rings. The Hall–Kier alpha value is -1.60. The first-order valence-electron chi connectivity index (χ1n) is 5.56. The van der Waals surface area contributed by atoms with Gasteiger partial charge in [0.15, 0.2) is 0 Å². The molecule has 0 aliphatic heterocycles. The second-order valence-corrected chi connectivity index (χ2v) is 4.04. The minimum atomic E-state index is -0.551. The lowest BCUT2D eigenvalue weighted by Gasteiger charge is -2.10. The average Bonchev–Trinajstić information content (AvgIpc) is 2.30. The van der Waals surface area contributed by atoms with E-state index in [9.17, 15) is 5.11 Å². The van der Waals surface area contributed by atoms with Gasteiger partial charge in [0.1, 0.15) is 0 Å². The first-order valence-corrected chi connectivity index (χ1v) is 5.56. The SMILES string of the molecule is CC([O])Cc1ccccc1-c1ccccc1. The van der Waals surface area contributed by atoms with Crippen LogP contribution >= 0.6 is 0 Å². The zero-order chi connectivity index (χ0) is 11.4. The van der Waals surface area contributed by atoms with Crippen LogP contribution in [0.4, 0.5) is 0 Å². The summed E-state index contributed by atoms with van der Waals surface area (Å²) in [7, 11) is 0. The van der Waals surface area contributed by atoms with Crippen molar-refractivity contribution in [2.24, 2.45) is 0 Å². The lowest BCUT2D eigenvalue weighted by Crippen LogP contribution is -2.03. The molecule has 0 fully saturated rings. The van der Waals surface area contributed by atoms with Crippen molar-refractivity contribution in [1.82, 2.24) is 0 Å². The summed E-state index contributed by atoms with van der Waals surface area (Å²) in [4.78, 5) is 0. The Morgan fingerprint density at radius 1 is 0.938 bits per heavy atom. The molecule has 2 aromatic rings. The maximum Gasteiger partial charge on any atom is 0.0942 e. The highest BCUT2D eigenvalue weighted by molar-refractivity contribution is 5.67. The molecule has 0 aromatic heterocycles. The number of rotatable bonds is 3. The van der Waals surface area contributed by atoms with E-state index in [-0.39, 0.29) is 0 Å². The minimum Gasteiger partial charge on any atom is -0.233 e. The smallest absolute Gasteiger partial charge is 0.0942 e. The van der Waals surface area contributed by atoms with E-state index in [0.717, 1.165) is 5.56 Å². The molecule has 1 radical (unpaired) electrons. The van der Waals surface area contributed by atoms with Crippen molar-refractivity contribution in [2.45, 2.75) is 19.4 Å². The summed E-state index contributed by atoms with van der Waals surface area (Å²) in [6.07, 6.45) is 0.0373. The molecule has 81 valence electrons. The van der Waals surface area contributed by atoms with Crippen molar-refractivity contribution in [3.05, 3.63) is 60.2 Å². The topological polar surface area (TPSA) is 19.9 Å². The summed E-state index contributed by atoms with van der Waals surface area (Å²) < 4.78 is 0. The molecule has 0 spiro atoms. The molecular formula is C15H15O. The van der Waals surface area contributed by atoms with Crippen LogP contribution in [0.15, 0.2) is 54.6 Å². The van der Waals surface area contributed by atoms with Gasteiger partial charge in [0, 0.05) is 6.42 Å². The third kappa shape index (κ3) is 2.50. The standard InChI is InChI=1S/C15H15O/c1-12(16)11-14-9-5-6-10-15(14)13-7-3-2-4-8-13/h2-10,12H,11H2,1H3. The van der Waals surface area contributed by atoms with Crippen LogP contribution in [0.1, 0.15) is 12.5 Å². The maximum atomic E-state index is 11.3. The fourth-order valence-electron chi connectivity index (χ4n) is 1.91. The summed E-state index contributed by atoms with van der Waals surface area (Å²) in [5, 5.41) is 11.3. The molecular weight excluding hydrogens is 196 g/mol. The molecule has 0 heterocycles. The lowest BCUT2D eigenvalue weighted by molar-refractivity contribution is 0.106. The largest absolute Gasteiger partial charge is 0.233 e. The fourth-order valence-corrected chi connectivity index (χ4v) is 1.91. The monoisotopic (exact) mass is 211 g/mol. The lowest BCUT2D eigenvalue weighted by atomic mass is 9.96. The van der Waals surface area contributed by atoms with Gasteiger partial charge >= 0.3 is 0 Å². The van der Waals surface area contributed by atoms with Gasteiger partial charge < -0.3 is 0 Å². The van der Waals surface area contributed by atoms with Crippen molar-refractivity contribution in [2.75, 3.05) is 0 Å². The molecule has 1 nitrogen and oxygen atoms in total. The van der Waals surface area contributed by atoms with Crippen LogP contribution in [-0.2, 0) is 11.5 Å². The van der Waals surface area contributed by atoms with Gasteiger partial charge in [0.25, 0.3) is 0 Å². The molecule has 1 atom stereocenters. The summed E-state index contributed by atoms with van der Waals surface area (Å²) in [6.45, 7) is 1.71. The van der Waals surface area contributed by atoms with E-state index in [4.69, 9.17) is 0 Å². The fraction of sp³-hybridized carbons (Fsp3) is 0.200. The molecule has 2 aromatic carbocycles. The number of hydrogen-bond acceptors (Lipinski definition) is 0. The van der Waals surface area contributed by atoms with Gasteiger partial charge in [0.2, 0.25) is 0 Å². The van der Waals surface area contributed by atoms with Gasteiger partial charge in [-0.15, -0.1) is 0 Å². The van der Waals surface area contributed by atoms with E-state index in [1.165, 1.54) is 11.1 Å². The number of hydrogen-bond donors (Lipinski definition) is 0. The van der Waals surface area contributed by atoms with Gasteiger partial charge in [-0.25, -0.2) is 5.11 Å². The Balaban J connectivity index is 2.41. The van der Waals surface area contributed by atoms with Crippen LogP contribution in [0.3, 0.4) is 0 Å². The van der Waals surface area contributed by atoms with Gasteiger partial charge in [-0.2, -0.15) is 0 Å². The van der Waals surface area contributed by atoms with E-state index in [1.54, 1.807) is 6.92 Å². The van der Waals surface area contributed by atoms with E-state index in [1.807, 2.05) is 36.4 Å². The predicted molar refractivity (Wildman–Crippen MR) is 65.7 cm³/mol. The van der Waals surface area contributed by atoms with Crippen LogP contribution < -0.4 is 0 Å². The predicted octanol–water partition coefficient (Wildman–Crippen LogP) is 3.72. The highest BCUT2D eigenvalue weighted by atomic mass is 16.3. The Kier molecular flexibility index (Phi) is 3.37. The van der Waals surface area contributed by atoms with Gasteiger partial charge in [-0.05, 0) is 23.6 Å². The van der Waals surface area contributed by atoms with Gasteiger partial charge in [-0.1, -0.05) is 54.6 Å². The van der Waals surface area contributed by atoms with Crippen LogP contribution in [-0.4, -0.2) is 6.10 Å². The first kappa shape index (κ1) is 10.9. The van der Waals surface area contributed by atoms with Gasteiger partial charge in [0.05, 0.1) is 6.10 Å². The molecule has 16 heavy (non-hydrogen) atoms. The number of benzene rings is 2. The average molecular weight is 211 g/mol. The minimum absolute atomic E-state index is 0.551. The van der Waals surface area contributed by atoms with Crippen LogP contribution in [0.5, 0.6) is 0 Å². The molecule has 0 amide bonds.